The summed E-state index contributed by atoms with van der Waals surface area (Å²) in [6.07, 6.45) is 6.06. The van der Waals surface area contributed by atoms with E-state index in [2.05, 4.69) is 33.8 Å². The first-order valence-corrected chi connectivity index (χ1v) is 4.09. The van der Waals surface area contributed by atoms with Gasteiger partial charge in [-0.15, -0.1) is 0 Å². The molecule has 0 amide bonds. The quantitative estimate of drug-likeness (QED) is 0.412. The predicted octanol–water partition coefficient (Wildman–Crippen LogP) is 3.59. The van der Waals surface area contributed by atoms with Crippen LogP contribution in [-0.4, -0.2) is 0 Å². The molecular weight excluding hydrogens is 120 g/mol. The van der Waals surface area contributed by atoms with E-state index in [1.165, 1.54) is 24.8 Å². The molecule has 0 bridgehead atoms. The van der Waals surface area contributed by atoms with Gasteiger partial charge in [0.15, 0.2) is 0 Å². The van der Waals surface area contributed by atoms with Crippen LogP contribution in [0, 0.1) is 12.8 Å². The highest BCUT2D eigenvalue weighted by molar-refractivity contribution is 4.92. The second-order valence-corrected chi connectivity index (χ2v) is 3.32. The largest absolute Gasteiger partial charge is 0.0859 e. The zero-order valence-corrected chi connectivity index (χ0v) is 7.48. The van der Waals surface area contributed by atoms with Crippen molar-refractivity contribution in [2.75, 3.05) is 0 Å². The van der Waals surface area contributed by atoms with Gasteiger partial charge in [0.1, 0.15) is 0 Å². The highest BCUT2D eigenvalue weighted by atomic mass is 14.0. The zero-order chi connectivity index (χ0) is 7.98. The molecule has 0 aliphatic rings. The molecule has 0 rings (SSSR count). The zero-order valence-electron chi connectivity index (χ0n) is 7.48. The summed E-state index contributed by atoms with van der Waals surface area (Å²) in [5.74, 6) is 0.616. The molecule has 59 valence electrons. The Bertz CT molecular complexity index is 94.6. The Morgan fingerprint density at radius 2 is 2.10 bits per heavy atom. The second-order valence-electron chi connectivity index (χ2n) is 3.32. The molecule has 10 heavy (non-hydrogen) atoms. The van der Waals surface area contributed by atoms with Crippen LogP contribution < -0.4 is 0 Å². The molecule has 0 aromatic heterocycles. The van der Waals surface area contributed by atoms with E-state index in [1.54, 1.807) is 0 Å². The van der Waals surface area contributed by atoms with Crippen molar-refractivity contribution >= 4 is 0 Å². The minimum Gasteiger partial charge on any atom is -0.0859 e. The van der Waals surface area contributed by atoms with Crippen LogP contribution in [0.1, 0.15) is 40.0 Å². The monoisotopic (exact) mass is 139 g/mol. The van der Waals surface area contributed by atoms with Crippen molar-refractivity contribution in [3.63, 3.8) is 0 Å². The standard InChI is InChI=1S/C10H19/c1-9(2)7-5-6-8-10(3)4/h8-9H,1,5-7H2,2-4H3. The van der Waals surface area contributed by atoms with Gasteiger partial charge >= 0.3 is 0 Å². The lowest BCUT2D eigenvalue weighted by atomic mass is 10.1. The van der Waals surface area contributed by atoms with Gasteiger partial charge in [-0.1, -0.05) is 31.9 Å². The molecule has 0 aliphatic heterocycles. The first kappa shape index (κ1) is 9.74. The van der Waals surface area contributed by atoms with Gasteiger partial charge in [-0.3, -0.25) is 0 Å². The fourth-order valence-corrected chi connectivity index (χ4v) is 0.857. The second kappa shape index (κ2) is 5.52. The molecule has 0 aromatic carbocycles. The molecule has 1 radical (unpaired) electrons. The normalized spacial score (nSPS) is 10.1. The van der Waals surface area contributed by atoms with Gasteiger partial charge in [0, 0.05) is 0 Å². The Morgan fingerprint density at radius 3 is 2.50 bits per heavy atom. The summed E-state index contributed by atoms with van der Waals surface area (Å²) < 4.78 is 0. The summed E-state index contributed by atoms with van der Waals surface area (Å²) in [4.78, 5) is 0. The third kappa shape index (κ3) is 7.74. The van der Waals surface area contributed by atoms with Crippen molar-refractivity contribution < 1.29 is 0 Å². The number of rotatable bonds is 4. The first-order valence-electron chi connectivity index (χ1n) is 4.09. The Kier molecular flexibility index (Phi) is 5.38. The molecule has 0 heterocycles. The van der Waals surface area contributed by atoms with Crippen molar-refractivity contribution in [1.29, 1.82) is 0 Å². The van der Waals surface area contributed by atoms with E-state index in [0.29, 0.717) is 5.92 Å². The smallest absolute Gasteiger partial charge is 0.0348 e. The predicted molar refractivity (Wildman–Crippen MR) is 47.8 cm³/mol. The average molecular weight is 139 g/mol. The number of hydrogen-bond donors (Lipinski definition) is 0. The Labute approximate surface area is 65.3 Å². The van der Waals surface area contributed by atoms with Crippen LogP contribution >= 0.6 is 0 Å². The molecule has 1 unspecified atom stereocenters. The van der Waals surface area contributed by atoms with Crippen molar-refractivity contribution in [2.24, 2.45) is 5.92 Å². The molecule has 0 N–H and O–H groups in total. The maximum absolute atomic E-state index is 3.93. The van der Waals surface area contributed by atoms with E-state index in [9.17, 15) is 0 Å². The van der Waals surface area contributed by atoms with Crippen LogP contribution in [0.4, 0.5) is 0 Å². The maximum atomic E-state index is 3.93. The number of unbranched alkanes of at least 4 members (excludes halogenated alkanes) is 1. The fraction of sp³-hybridized carbons (Fsp3) is 0.700. The lowest BCUT2D eigenvalue weighted by molar-refractivity contribution is 0.608. The number of allylic oxidation sites excluding steroid dienone is 2. The van der Waals surface area contributed by atoms with Crippen molar-refractivity contribution in [3.8, 4) is 0 Å². The third-order valence-electron chi connectivity index (χ3n) is 1.45. The summed E-state index contributed by atoms with van der Waals surface area (Å²) >= 11 is 0. The van der Waals surface area contributed by atoms with Crippen LogP contribution in [0.25, 0.3) is 0 Å². The molecule has 1 atom stereocenters. The van der Waals surface area contributed by atoms with E-state index in [0.717, 1.165) is 0 Å². The van der Waals surface area contributed by atoms with Crippen LogP contribution in [0.5, 0.6) is 0 Å². The van der Waals surface area contributed by atoms with Gasteiger partial charge < -0.3 is 0 Å². The molecule has 0 saturated heterocycles. The Morgan fingerprint density at radius 1 is 1.50 bits per heavy atom. The van der Waals surface area contributed by atoms with Crippen LogP contribution in [-0.2, 0) is 0 Å². The topological polar surface area (TPSA) is 0 Å². The average Bonchev–Trinajstić information content (AvgIpc) is 1.79. The lowest BCUT2D eigenvalue weighted by Crippen LogP contribution is -1.85. The van der Waals surface area contributed by atoms with Crippen molar-refractivity contribution in [3.05, 3.63) is 18.6 Å². The maximum Gasteiger partial charge on any atom is -0.0348 e. The summed E-state index contributed by atoms with van der Waals surface area (Å²) in [5.41, 5.74) is 1.43. The summed E-state index contributed by atoms with van der Waals surface area (Å²) in [7, 11) is 0. The highest BCUT2D eigenvalue weighted by Gasteiger charge is 1.91. The Hall–Kier alpha value is -0.260. The SMILES string of the molecule is [CH2]C(C)CCCC=C(C)C. The number of hydrogen-bond acceptors (Lipinski definition) is 0. The molecule has 0 aromatic rings. The van der Waals surface area contributed by atoms with Gasteiger partial charge in [0.25, 0.3) is 0 Å². The highest BCUT2D eigenvalue weighted by Crippen LogP contribution is 2.07. The third-order valence-corrected chi connectivity index (χ3v) is 1.45. The van der Waals surface area contributed by atoms with Gasteiger partial charge in [-0.2, -0.15) is 0 Å². The molecule has 0 saturated carbocycles. The fourth-order valence-electron chi connectivity index (χ4n) is 0.857. The van der Waals surface area contributed by atoms with Crippen LogP contribution in [0.3, 0.4) is 0 Å². The summed E-state index contributed by atoms with van der Waals surface area (Å²) in [5, 5.41) is 0. The van der Waals surface area contributed by atoms with Gasteiger partial charge in [0.2, 0.25) is 0 Å². The van der Waals surface area contributed by atoms with E-state index in [1.807, 2.05) is 0 Å². The molecule has 0 fully saturated rings. The van der Waals surface area contributed by atoms with E-state index >= 15 is 0 Å². The summed E-state index contributed by atoms with van der Waals surface area (Å²) in [6, 6.07) is 0. The van der Waals surface area contributed by atoms with E-state index < -0.39 is 0 Å². The van der Waals surface area contributed by atoms with Crippen molar-refractivity contribution in [2.45, 2.75) is 40.0 Å². The van der Waals surface area contributed by atoms with Crippen LogP contribution in [0.15, 0.2) is 11.6 Å². The molecule has 0 heteroatoms. The van der Waals surface area contributed by atoms with E-state index in [-0.39, 0.29) is 0 Å². The molecule has 0 aliphatic carbocycles. The molecule has 0 spiro atoms. The van der Waals surface area contributed by atoms with Crippen LogP contribution in [0.2, 0.25) is 0 Å². The van der Waals surface area contributed by atoms with Gasteiger partial charge in [0.05, 0.1) is 0 Å². The molecule has 0 nitrogen and oxygen atoms in total. The van der Waals surface area contributed by atoms with Gasteiger partial charge in [-0.05, 0) is 32.6 Å². The van der Waals surface area contributed by atoms with Crippen molar-refractivity contribution in [1.82, 2.24) is 0 Å². The minimum atomic E-state index is 0.616. The Balaban J connectivity index is 3.13. The minimum absolute atomic E-state index is 0.616. The molecular formula is C10H19. The van der Waals surface area contributed by atoms with Gasteiger partial charge in [-0.25, -0.2) is 0 Å². The lowest BCUT2D eigenvalue weighted by Gasteiger charge is -2.00. The first-order chi connectivity index (χ1) is 4.63. The van der Waals surface area contributed by atoms with E-state index in [4.69, 9.17) is 0 Å². The summed E-state index contributed by atoms with van der Waals surface area (Å²) in [6.45, 7) is 10.4.